The molecule has 0 saturated carbocycles. The van der Waals surface area contributed by atoms with E-state index in [1.165, 1.54) is 23.0 Å². The summed E-state index contributed by atoms with van der Waals surface area (Å²) in [7, 11) is -0.846. The number of carbonyl (C=O) groups excluding carboxylic acids is 5. The van der Waals surface area contributed by atoms with Gasteiger partial charge in [-0.25, -0.2) is 4.79 Å². The van der Waals surface area contributed by atoms with Crippen molar-refractivity contribution < 1.29 is 50.4 Å². The van der Waals surface area contributed by atoms with Crippen LogP contribution >= 0.6 is 19.2 Å². The summed E-state index contributed by atoms with van der Waals surface area (Å²) in [5.74, 6) is -2.73. The van der Waals surface area contributed by atoms with Crippen molar-refractivity contribution in [1.82, 2.24) is 10.6 Å². The molecule has 14 heteroatoms. The van der Waals surface area contributed by atoms with Crippen LogP contribution in [0.25, 0.3) is 0 Å². The number of Topliss-reactive ketones (excluding diaryl/α,β-unsaturated/α-hetero) is 1. The molecule has 0 spiro atoms. The number of ketones is 1. The average Bonchev–Trinajstić information content (AvgIpc) is 3.15. The molecule has 0 aliphatic heterocycles. The first-order chi connectivity index (χ1) is 24.2. The zero-order chi connectivity index (χ0) is 36.2. The van der Waals surface area contributed by atoms with Gasteiger partial charge in [-0.05, 0) is 62.6 Å². The number of nitroso groups, excluding NO2 is 1. The van der Waals surface area contributed by atoms with E-state index < -0.39 is 43.0 Å². The molecule has 2 N–H and O–H groups in total. The summed E-state index contributed by atoms with van der Waals surface area (Å²) >= 11 is 0.566. The van der Waals surface area contributed by atoms with E-state index in [0.717, 1.165) is 12.6 Å². The molecule has 0 aliphatic rings. The summed E-state index contributed by atoms with van der Waals surface area (Å²) in [5.41, 5.74) is 0. The number of esters is 2. The van der Waals surface area contributed by atoms with Crippen LogP contribution in [-0.4, -0.2) is 67.3 Å². The molecule has 0 aliphatic carbocycles. The van der Waals surface area contributed by atoms with Crippen LogP contribution in [0.15, 0.2) is 95.6 Å². The molecule has 0 radical (unpaired) electrons. The fourth-order valence-electron chi connectivity index (χ4n) is 5.64. The maximum atomic E-state index is 13.1. The number of nitrogens with one attached hydrogen (secondary N) is 2. The summed E-state index contributed by atoms with van der Waals surface area (Å²) in [4.78, 5) is 73.4. The Kier molecular flexibility index (Phi) is 19.9. The number of hydrogen-bond donors (Lipinski definition) is 2. The number of hydrogen-bond acceptors (Lipinski definition) is 10. The van der Waals surface area contributed by atoms with E-state index in [1.807, 2.05) is 18.2 Å². The zero-order valence-corrected chi connectivity index (χ0v) is 32.1. The highest BCUT2D eigenvalue weighted by atomic mass is 79.9. The maximum absolute atomic E-state index is 13.1. The molecule has 0 fully saturated rings. The fraction of sp³-hybridized carbons (Fsp3) is 0.378. The van der Waals surface area contributed by atoms with Gasteiger partial charge < -0.3 is 37.1 Å². The van der Waals surface area contributed by atoms with Crippen LogP contribution in [0.5, 0.6) is 0 Å². The van der Waals surface area contributed by atoms with Gasteiger partial charge in [0.15, 0.2) is 5.78 Å². The number of methoxy groups -OCH3 is 1. The molecule has 3 aromatic rings. The quantitative estimate of drug-likeness (QED) is 0.0505. The molecule has 0 bridgehead atoms. The third-order valence-electron chi connectivity index (χ3n) is 8.13. The van der Waals surface area contributed by atoms with Crippen LogP contribution in [0, 0.1) is 4.91 Å². The molecule has 2 unspecified atom stereocenters. The molecule has 0 saturated heterocycles. The van der Waals surface area contributed by atoms with Gasteiger partial charge >= 0.3 is 11.9 Å². The van der Waals surface area contributed by atoms with Gasteiger partial charge in [-0.3, -0.25) is 19.2 Å². The largest absolute Gasteiger partial charge is 1.00 e. The highest BCUT2D eigenvalue weighted by Gasteiger charge is 2.44. The van der Waals surface area contributed by atoms with Crippen molar-refractivity contribution in [2.75, 3.05) is 25.6 Å². The molecule has 3 aromatic carbocycles. The lowest BCUT2D eigenvalue weighted by Crippen LogP contribution is -3.00. The van der Waals surface area contributed by atoms with Gasteiger partial charge in [0.05, 0.1) is 32.3 Å². The number of halogens is 1. The lowest BCUT2D eigenvalue weighted by atomic mass is 10.1. The lowest BCUT2D eigenvalue weighted by molar-refractivity contribution is -0.147. The van der Waals surface area contributed by atoms with Crippen LogP contribution in [0.3, 0.4) is 0 Å². The molecule has 51 heavy (non-hydrogen) atoms. The van der Waals surface area contributed by atoms with Gasteiger partial charge in [-0.2, -0.15) is 0 Å². The summed E-state index contributed by atoms with van der Waals surface area (Å²) < 4.78 is 12.4. The summed E-state index contributed by atoms with van der Waals surface area (Å²) in [6.45, 7) is 1.74. The van der Waals surface area contributed by atoms with Crippen molar-refractivity contribution >= 4 is 64.7 Å². The second-order valence-corrected chi connectivity index (χ2v) is 15.8. The van der Waals surface area contributed by atoms with Gasteiger partial charge in [-0.1, -0.05) is 54.6 Å². The molecular formula is C37H45BrN3O8PS. The monoisotopic (exact) mass is 801 g/mol. The van der Waals surface area contributed by atoms with Crippen molar-refractivity contribution in [2.45, 2.75) is 64.0 Å². The summed E-state index contributed by atoms with van der Waals surface area (Å²) in [6, 6.07) is 29.3. The lowest BCUT2D eigenvalue weighted by Gasteiger charge is -2.27. The Labute approximate surface area is 314 Å². The first-order valence-corrected chi connectivity index (χ1v) is 19.5. The van der Waals surface area contributed by atoms with Crippen molar-refractivity contribution in [2.24, 2.45) is 4.58 Å². The number of carbonyl (C=O) groups is 5. The van der Waals surface area contributed by atoms with E-state index in [0.29, 0.717) is 18.4 Å². The molecule has 274 valence electrons. The smallest absolute Gasteiger partial charge is 0.328 e. The minimum Gasteiger partial charge on any atom is -1.00 e. The van der Waals surface area contributed by atoms with E-state index in [4.69, 9.17) is 4.74 Å². The molecule has 2 atom stereocenters. The Morgan fingerprint density at radius 1 is 0.725 bits per heavy atom. The fourth-order valence-corrected chi connectivity index (χ4v) is 10.5. The number of rotatable bonds is 22. The van der Waals surface area contributed by atoms with E-state index in [1.54, 1.807) is 6.92 Å². The van der Waals surface area contributed by atoms with Crippen LogP contribution in [0.2, 0.25) is 0 Å². The first kappa shape index (κ1) is 43.2. The van der Waals surface area contributed by atoms with Crippen molar-refractivity contribution in [3.05, 3.63) is 95.9 Å². The molecule has 2 amide bonds. The van der Waals surface area contributed by atoms with Crippen molar-refractivity contribution in [1.29, 1.82) is 0 Å². The highest BCUT2D eigenvalue weighted by Crippen LogP contribution is 2.55. The van der Waals surface area contributed by atoms with Crippen molar-refractivity contribution in [3.63, 3.8) is 0 Å². The molecule has 11 nitrogen and oxygen atoms in total. The molecule has 0 aromatic heterocycles. The van der Waals surface area contributed by atoms with E-state index >= 15 is 0 Å². The topological polar surface area (TPSA) is 157 Å². The van der Waals surface area contributed by atoms with Crippen molar-refractivity contribution in [3.8, 4) is 0 Å². The average molecular weight is 803 g/mol. The van der Waals surface area contributed by atoms with Crippen LogP contribution in [0.4, 0.5) is 0 Å². The van der Waals surface area contributed by atoms with Gasteiger partial charge in [0.2, 0.25) is 11.8 Å². The van der Waals surface area contributed by atoms with Gasteiger partial charge in [0.1, 0.15) is 29.2 Å². The Morgan fingerprint density at radius 3 is 1.73 bits per heavy atom. The van der Waals surface area contributed by atoms with Gasteiger partial charge in [0.25, 0.3) is 0 Å². The minimum atomic E-state index is -2.05. The Morgan fingerprint density at radius 2 is 1.24 bits per heavy atom. The number of unbranched alkanes of at least 4 members (excludes halogenated alkanes) is 1. The Hall–Kier alpha value is -3.93. The maximum Gasteiger partial charge on any atom is 0.328 e. The number of ether oxygens (including phenoxy) is 2. The van der Waals surface area contributed by atoms with E-state index in [2.05, 4.69) is 92.7 Å². The van der Waals surface area contributed by atoms with Gasteiger partial charge in [-0.15, -0.1) is 4.91 Å². The number of nitrogens with zero attached hydrogens (tertiary/aromatic N) is 1. The third-order valence-corrected chi connectivity index (χ3v) is 13.2. The number of benzene rings is 3. The SMILES string of the molecule is CCOC(=O)C(CCC(=O)NC(CSN=O)C(=O)CCC(=O)OC)NC(=O)CCCC[P+](c1ccccc1)(c1ccccc1)c1ccccc1.[Br-]. The standard InChI is InChI=1S/C37H44N3O8PS.BrH/c1-3-48-37(45)31(22-24-35(43)39-32(27-50-40-46)33(41)23-25-36(44)47-2)38-34(42)21-13-14-26-49(28-15-7-4-8-16-28,29-17-9-5-10-18-29)30-19-11-6-12-20-30;/h4-12,15-20,31-32H,3,13-14,21-27H2,1-2H3,(H-,38,39,42,43);1H. The molecule has 0 heterocycles. The Balaban J connectivity index is 0.00000901. The Bertz CT molecular complexity index is 1460. The zero-order valence-electron chi connectivity index (χ0n) is 28.8. The minimum absolute atomic E-state index is 0. The summed E-state index contributed by atoms with van der Waals surface area (Å²) in [5, 5.41) is 9.06. The van der Waals surface area contributed by atoms with Gasteiger partial charge in [0, 0.05) is 41.5 Å². The highest BCUT2D eigenvalue weighted by molar-refractivity contribution is 7.98. The third kappa shape index (κ3) is 13.6. The second kappa shape index (κ2) is 23.5. The normalized spacial score (nSPS) is 12.0. The van der Waals surface area contributed by atoms with Crippen LogP contribution in [0.1, 0.15) is 51.9 Å². The molecular weight excluding hydrogens is 757 g/mol. The second-order valence-electron chi connectivity index (χ2n) is 11.4. The van der Waals surface area contributed by atoms with E-state index in [-0.39, 0.29) is 67.4 Å². The molecule has 3 rings (SSSR count). The first-order valence-electron chi connectivity index (χ1n) is 16.6. The number of amides is 2. The van der Waals surface area contributed by atoms with E-state index in [9.17, 15) is 28.9 Å². The summed E-state index contributed by atoms with van der Waals surface area (Å²) in [6.07, 6.45) is 1.71. The van der Waals surface area contributed by atoms with Crippen LogP contribution in [-0.2, 0) is 33.4 Å². The predicted octanol–water partition coefficient (Wildman–Crippen LogP) is 1.40. The van der Waals surface area contributed by atoms with Crippen LogP contribution < -0.4 is 43.5 Å². The predicted molar refractivity (Wildman–Crippen MR) is 198 cm³/mol.